The minimum Gasteiger partial charge on any atom is -0.395 e. The van der Waals surface area contributed by atoms with Crippen LogP contribution in [0, 0.1) is 17.8 Å². The van der Waals surface area contributed by atoms with Gasteiger partial charge in [-0.05, 0) is 116 Å². The second kappa shape index (κ2) is 14.2. The summed E-state index contributed by atoms with van der Waals surface area (Å²) in [4.78, 5) is 15.5. The summed E-state index contributed by atoms with van der Waals surface area (Å²) in [6.45, 7) is 2.38. The highest BCUT2D eigenvalue weighted by Crippen LogP contribution is 2.55. The van der Waals surface area contributed by atoms with E-state index < -0.39 is 6.29 Å². The molecule has 49 heavy (non-hydrogen) atoms. The third-order valence-electron chi connectivity index (χ3n) is 12.1. The number of carbonyl (C=O) groups excluding carboxylic acids is 1. The van der Waals surface area contributed by atoms with Crippen LogP contribution in [0.1, 0.15) is 92.4 Å². The van der Waals surface area contributed by atoms with Gasteiger partial charge in [-0.15, -0.1) is 0 Å². The number of hydrogen-bond acceptors (Lipinski definition) is 6. The Hall–Kier alpha value is -3.27. The van der Waals surface area contributed by atoms with E-state index in [9.17, 15) is 15.0 Å². The topological polar surface area (TPSA) is 103 Å². The number of hydrogen-bond donors (Lipinski definition) is 4. The zero-order valence-corrected chi connectivity index (χ0v) is 28.4. The Morgan fingerprint density at radius 1 is 0.816 bits per heavy atom. The average Bonchev–Trinajstić information content (AvgIpc) is 3.57. The number of rotatable bonds is 10. The van der Waals surface area contributed by atoms with Crippen molar-refractivity contribution in [2.24, 2.45) is 17.8 Å². The molecule has 6 aliphatic rings. The number of nitrogens with zero attached hydrogens (tertiary/aromatic N) is 1. The number of benzene rings is 3. The number of aliphatic hydroxyl groups excluding tert-OH is 2. The number of carbonyl (C=O) groups is 1. The summed E-state index contributed by atoms with van der Waals surface area (Å²) in [6.07, 6.45) is 9.57. The number of likely N-dealkylation sites (tertiary alicyclic amines) is 1. The van der Waals surface area contributed by atoms with Crippen LogP contribution in [-0.2, 0) is 22.6 Å². The van der Waals surface area contributed by atoms with Gasteiger partial charge in [0.2, 0.25) is 0 Å². The van der Waals surface area contributed by atoms with Crippen molar-refractivity contribution < 1.29 is 24.5 Å². The summed E-state index contributed by atoms with van der Waals surface area (Å²) in [5.74, 6) is 2.38. The second-order valence-electron chi connectivity index (χ2n) is 15.7. The molecule has 9 rings (SSSR count). The number of nitrogens with one attached hydrogen (secondary N) is 2. The highest BCUT2D eigenvalue weighted by molar-refractivity contribution is 5.75. The Morgan fingerprint density at radius 3 is 2.24 bits per heavy atom. The quantitative estimate of drug-likeness (QED) is 0.194. The first kappa shape index (κ1) is 32.9. The number of urea groups is 1. The summed E-state index contributed by atoms with van der Waals surface area (Å²) < 4.78 is 13.3. The number of ether oxygens (including phenoxy) is 2. The molecule has 0 spiro atoms. The van der Waals surface area contributed by atoms with E-state index in [0.717, 1.165) is 103 Å². The predicted octanol–water partition coefficient (Wildman–Crippen LogP) is 6.62. The Kier molecular flexibility index (Phi) is 9.51. The molecule has 3 aromatic rings. The van der Waals surface area contributed by atoms with Crippen molar-refractivity contribution in [2.45, 2.75) is 101 Å². The fourth-order valence-electron chi connectivity index (χ4n) is 10.1. The van der Waals surface area contributed by atoms with Crippen molar-refractivity contribution in [1.82, 2.24) is 15.5 Å². The van der Waals surface area contributed by atoms with Crippen molar-refractivity contribution in [1.29, 1.82) is 0 Å². The summed E-state index contributed by atoms with van der Waals surface area (Å²) in [7, 11) is 0. The third-order valence-corrected chi connectivity index (χ3v) is 12.1. The van der Waals surface area contributed by atoms with Crippen LogP contribution >= 0.6 is 0 Å². The molecular formula is C41H51N3O5. The molecule has 2 saturated heterocycles. The fraction of sp³-hybridized carbons (Fsp3) is 0.537. The maximum absolute atomic E-state index is 13.1. The Bertz CT molecular complexity index is 1580. The van der Waals surface area contributed by atoms with Crippen molar-refractivity contribution in [3.05, 3.63) is 95.1 Å². The molecule has 8 nitrogen and oxygen atoms in total. The molecule has 4 aliphatic carbocycles. The molecule has 0 aromatic heterocycles. The van der Waals surface area contributed by atoms with Crippen LogP contribution in [-0.4, -0.2) is 58.5 Å². The Balaban J connectivity index is 0.956. The standard InChI is InChI=1S/C41H51N3O5/c45-25-27-9-11-32(12-10-27)38-19-37(24-44-13-3-8-36(44)26-46)48-39(49-38)35-7-2-6-34(18-35)33-5-1-4-28(17-33)23-42-40(47)43-41-20-29-14-30(21-41)16-31(15-29)22-41/h1-2,4-7,9-12,17-18,29-31,36-39,45-46H,3,8,13-16,19-26H2,(H2,42,43,47). The summed E-state index contributed by atoms with van der Waals surface area (Å²) in [5, 5.41) is 26.1. The lowest BCUT2D eigenvalue weighted by atomic mass is 9.53. The van der Waals surface area contributed by atoms with Gasteiger partial charge in [-0.1, -0.05) is 60.7 Å². The van der Waals surface area contributed by atoms with Gasteiger partial charge in [0.05, 0.1) is 25.4 Å². The van der Waals surface area contributed by atoms with E-state index in [4.69, 9.17) is 9.47 Å². The maximum Gasteiger partial charge on any atom is 0.315 e. The van der Waals surface area contributed by atoms with E-state index >= 15 is 0 Å². The zero-order chi connectivity index (χ0) is 33.4. The van der Waals surface area contributed by atoms with Crippen LogP contribution in [0.25, 0.3) is 11.1 Å². The normalized spacial score (nSPS) is 32.3. The van der Waals surface area contributed by atoms with E-state index in [1.807, 2.05) is 24.3 Å². The molecule has 2 heterocycles. The molecule has 4 atom stereocenters. The molecule has 0 radical (unpaired) electrons. The molecule has 2 amide bonds. The lowest BCUT2D eigenvalue weighted by molar-refractivity contribution is -0.253. The lowest BCUT2D eigenvalue weighted by Crippen LogP contribution is -2.61. The molecular weight excluding hydrogens is 614 g/mol. The van der Waals surface area contributed by atoms with Crippen LogP contribution in [0.2, 0.25) is 0 Å². The molecule has 4 N–H and O–H groups in total. The summed E-state index contributed by atoms with van der Waals surface area (Å²) in [5.41, 5.74) is 6.10. The van der Waals surface area contributed by atoms with Crippen molar-refractivity contribution in [3.63, 3.8) is 0 Å². The second-order valence-corrected chi connectivity index (χ2v) is 15.7. The highest BCUT2D eigenvalue weighted by atomic mass is 16.7. The minimum atomic E-state index is -0.547. The smallest absolute Gasteiger partial charge is 0.315 e. The van der Waals surface area contributed by atoms with Gasteiger partial charge >= 0.3 is 6.03 Å². The summed E-state index contributed by atoms with van der Waals surface area (Å²) in [6, 6.07) is 24.9. The molecule has 8 heteroatoms. The van der Waals surface area contributed by atoms with Crippen molar-refractivity contribution in [3.8, 4) is 11.1 Å². The van der Waals surface area contributed by atoms with E-state index in [1.54, 1.807) is 0 Å². The van der Waals surface area contributed by atoms with E-state index in [0.29, 0.717) is 6.54 Å². The third kappa shape index (κ3) is 7.31. The van der Waals surface area contributed by atoms with Crippen LogP contribution < -0.4 is 10.6 Å². The molecule has 4 saturated carbocycles. The summed E-state index contributed by atoms with van der Waals surface area (Å²) >= 11 is 0. The minimum absolute atomic E-state index is 0.000293. The molecule has 4 bridgehead atoms. The van der Waals surface area contributed by atoms with E-state index in [-0.39, 0.29) is 43.0 Å². The Morgan fingerprint density at radius 2 is 1.53 bits per heavy atom. The van der Waals surface area contributed by atoms with E-state index in [2.05, 4.69) is 64.1 Å². The SMILES string of the molecule is O=C(NCc1cccc(-c2cccc(C3OC(CN4CCCC4CO)CC(c4ccc(CO)cc4)O3)c2)c1)NC12CC3CC(CC(C3)C1)C2. The van der Waals surface area contributed by atoms with Crippen LogP contribution in [0.15, 0.2) is 72.8 Å². The fourth-order valence-corrected chi connectivity index (χ4v) is 10.1. The average molecular weight is 666 g/mol. The van der Waals surface area contributed by atoms with Gasteiger partial charge in [-0.3, -0.25) is 4.90 Å². The van der Waals surface area contributed by atoms with Gasteiger partial charge in [0, 0.05) is 36.7 Å². The highest BCUT2D eigenvalue weighted by Gasteiger charge is 2.51. The molecule has 2 aliphatic heterocycles. The van der Waals surface area contributed by atoms with Gasteiger partial charge < -0.3 is 30.3 Å². The molecule has 260 valence electrons. The number of amides is 2. The molecule has 3 aromatic carbocycles. The van der Waals surface area contributed by atoms with Gasteiger partial charge in [0.15, 0.2) is 6.29 Å². The molecule has 6 fully saturated rings. The van der Waals surface area contributed by atoms with Gasteiger partial charge in [0.25, 0.3) is 0 Å². The van der Waals surface area contributed by atoms with Crippen molar-refractivity contribution in [2.75, 3.05) is 19.7 Å². The van der Waals surface area contributed by atoms with Crippen LogP contribution in [0.4, 0.5) is 4.79 Å². The van der Waals surface area contributed by atoms with Gasteiger partial charge in [-0.25, -0.2) is 4.79 Å². The molecule has 4 unspecified atom stereocenters. The lowest BCUT2D eigenvalue weighted by Gasteiger charge is -2.56. The monoisotopic (exact) mass is 665 g/mol. The largest absolute Gasteiger partial charge is 0.395 e. The van der Waals surface area contributed by atoms with Crippen molar-refractivity contribution >= 4 is 6.03 Å². The van der Waals surface area contributed by atoms with Gasteiger partial charge in [-0.2, -0.15) is 0 Å². The predicted molar refractivity (Wildman–Crippen MR) is 188 cm³/mol. The Labute approximate surface area is 290 Å². The van der Waals surface area contributed by atoms with Gasteiger partial charge in [0.1, 0.15) is 0 Å². The first-order valence-corrected chi connectivity index (χ1v) is 18.5. The number of aliphatic hydroxyl groups is 2. The maximum atomic E-state index is 13.1. The van der Waals surface area contributed by atoms with Crippen LogP contribution in [0.3, 0.4) is 0 Å². The zero-order valence-electron chi connectivity index (χ0n) is 28.4. The van der Waals surface area contributed by atoms with Crippen LogP contribution in [0.5, 0.6) is 0 Å². The first-order valence-electron chi connectivity index (χ1n) is 18.5. The first-order chi connectivity index (χ1) is 23.9. The van der Waals surface area contributed by atoms with E-state index in [1.165, 1.54) is 19.3 Å².